The van der Waals surface area contributed by atoms with Gasteiger partial charge in [0.05, 0.1) is 6.10 Å². The fraction of sp³-hybridized carbons (Fsp3) is 0.385. The van der Waals surface area contributed by atoms with E-state index in [1.807, 2.05) is 0 Å². The van der Waals surface area contributed by atoms with Gasteiger partial charge in [-0.25, -0.2) is 0 Å². The van der Waals surface area contributed by atoms with Gasteiger partial charge in [-0.2, -0.15) is 0 Å². The molecule has 0 heterocycles. The van der Waals surface area contributed by atoms with Crippen LogP contribution in [-0.2, 0) is 16.0 Å². The Morgan fingerprint density at radius 1 is 1.09 bits per heavy atom. The van der Waals surface area contributed by atoms with Gasteiger partial charge < -0.3 is 37.0 Å². The molecule has 9 nitrogen and oxygen atoms in total. The van der Waals surface area contributed by atoms with E-state index in [0.29, 0.717) is 5.56 Å². The molecule has 1 rings (SSSR count). The first-order valence-corrected chi connectivity index (χ1v) is 6.22. The number of carboxylic acid groups (broad SMARTS) is 2. The molecule has 0 fully saturated rings. The average molecular weight is 316 g/mol. The lowest BCUT2D eigenvalue weighted by Crippen LogP contribution is -2.39. The number of hydrogen-bond donors (Lipinski definition) is 7. The predicted octanol–water partition coefficient (Wildman–Crippen LogP) is -1.17. The number of nitrogens with two attached hydrogens (primary N) is 2. The summed E-state index contributed by atoms with van der Waals surface area (Å²) in [6.07, 6.45) is -0.865. The Labute approximate surface area is 126 Å². The van der Waals surface area contributed by atoms with Crippen molar-refractivity contribution in [2.45, 2.75) is 31.5 Å². The second-order valence-corrected chi connectivity index (χ2v) is 4.58. The normalized spacial score (nSPS) is 14.2. The summed E-state index contributed by atoms with van der Waals surface area (Å²) < 4.78 is 0. The number of aromatic hydroxyl groups is 2. The van der Waals surface area contributed by atoms with E-state index in [-0.39, 0.29) is 17.9 Å². The third-order valence-electron chi connectivity index (χ3n) is 2.62. The third kappa shape index (κ3) is 6.88. The van der Waals surface area contributed by atoms with Crippen LogP contribution in [-0.4, -0.2) is 55.7 Å². The smallest absolute Gasteiger partial charge is 0.323 e. The van der Waals surface area contributed by atoms with Crippen LogP contribution in [0.5, 0.6) is 11.5 Å². The minimum absolute atomic E-state index is 0.114. The lowest BCUT2D eigenvalue weighted by molar-refractivity contribution is -0.141. The molecular formula is C13H20N2O7. The fourth-order valence-electron chi connectivity index (χ4n) is 1.24. The third-order valence-corrected chi connectivity index (χ3v) is 2.62. The van der Waals surface area contributed by atoms with Gasteiger partial charge in [-0.3, -0.25) is 9.59 Å². The topological polar surface area (TPSA) is 187 Å². The molecule has 0 spiro atoms. The van der Waals surface area contributed by atoms with Gasteiger partial charge in [0.2, 0.25) is 0 Å². The van der Waals surface area contributed by atoms with E-state index < -0.39 is 30.1 Å². The molecule has 0 radical (unpaired) electrons. The molecule has 9 heteroatoms. The van der Waals surface area contributed by atoms with Crippen molar-refractivity contribution in [2.24, 2.45) is 11.5 Å². The standard InChI is InChI=1S/C9H11NO4.C4H9NO3/c10-6(9(13)14)3-5-1-2-7(11)8(12)4-5;1-2(6)3(5)4(7)8/h1-2,4,6,11-12H,3,10H2,(H,13,14);2-3,6H,5H2,1H3,(H,7,8)/t6-;2-,3+/m01/s1. The Morgan fingerprint density at radius 3 is 1.95 bits per heavy atom. The molecule has 22 heavy (non-hydrogen) atoms. The molecule has 1 aromatic carbocycles. The van der Waals surface area contributed by atoms with Crippen molar-refractivity contribution in [2.75, 3.05) is 0 Å². The van der Waals surface area contributed by atoms with Crippen LogP contribution >= 0.6 is 0 Å². The Kier molecular flexibility index (Phi) is 7.88. The highest BCUT2D eigenvalue weighted by Crippen LogP contribution is 2.25. The summed E-state index contributed by atoms with van der Waals surface area (Å²) in [6, 6.07) is 1.93. The molecule has 0 saturated heterocycles. The van der Waals surface area contributed by atoms with E-state index in [4.69, 9.17) is 37.0 Å². The molecule has 0 unspecified atom stereocenters. The minimum Gasteiger partial charge on any atom is -0.504 e. The monoisotopic (exact) mass is 316 g/mol. The number of aliphatic hydroxyl groups is 1. The van der Waals surface area contributed by atoms with Crippen LogP contribution in [0.1, 0.15) is 12.5 Å². The molecule has 0 saturated carbocycles. The van der Waals surface area contributed by atoms with Crippen LogP contribution in [0, 0.1) is 0 Å². The summed E-state index contributed by atoms with van der Waals surface area (Å²) in [6.45, 7) is 1.33. The van der Waals surface area contributed by atoms with Gasteiger partial charge in [-0.1, -0.05) is 6.07 Å². The summed E-state index contributed by atoms with van der Waals surface area (Å²) in [5.41, 5.74) is 10.8. The number of aliphatic carboxylic acids is 2. The van der Waals surface area contributed by atoms with Crippen molar-refractivity contribution in [3.63, 3.8) is 0 Å². The molecule has 1 aromatic rings. The number of benzene rings is 1. The van der Waals surface area contributed by atoms with E-state index >= 15 is 0 Å². The lowest BCUT2D eigenvalue weighted by atomic mass is 10.1. The largest absolute Gasteiger partial charge is 0.504 e. The van der Waals surface area contributed by atoms with Crippen molar-refractivity contribution in [3.05, 3.63) is 23.8 Å². The van der Waals surface area contributed by atoms with Crippen molar-refractivity contribution < 1.29 is 35.1 Å². The number of phenols is 2. The number of hydrogen-bond acceptors (Lipinski definition) is 7. The molecule has 3 atom stereocenters. The zero-order valence-corrected chi connectivity index (χ0v) is 11.9. The Hall–Kier alpha value is -2.36. The highest BCUT2D eigenvalue weighted by molar-refractivity contribution is 5.74. The van der Waals surface area contributed by atoms with Crippen LogP contribution in [0.2, 0.25) is 0 Å². The van der Waals surface area contributed by atoms with Gasteiger partial charge in [0.1, 0.15) is 12.1 Å². The van der Waals surface area contributed by atoms with Crippen molar-refractivity contribution >= 4 is 11.9 Å². The van der Waals surface area contributed by atoms with E-state index in [0.717, 1.165) is 0 Å². The number of phenolic OH excluding ortho intramolecular Hbond substituents is 2. The van der Waals surface area contributed by atoms with Gasteiger partial charge in [-0.15, -0.1) is 0 Å². The minimum atomic E-state index is -1.18. The first kappa shape index (κ1) is 19.6. The predicted molar refractivity (Wildman–Crippen MR) is 76.4 cm³/mol. The van der Waals surface area contributed by atoms with E-state index in [2.05, 4.69) is 0 Å². The second kappa shape index (κ2) is 8.82. The van der Waals surface area contributed by atoms with Crippen molar-refractivity contribution in [1.82, 2.24) is 0 Å². The SMILES string of the molecule is C[C@@H](O)[C@H](N)C(=O)O.N[C@@H](Cc1ccc(O)c(O)c1)C(=O)O. The summed E-state index contributed by atoms with van der Waals surface area (Å²) >= 11 is 0. The molecular weight excluding hydrogens is 296 g/mol. The van der Waals surface area contributed by atoms with E-state index in [9.17, 15) is 9.59 Å². The van der Waals surface area contributed by atoms with E-state index in [1.165, 1.54) is 25.1 Å². The highest BCUT2D eigenvalue weighted by Gasteiger charge is 2.16. The molecule has 0 aliphatic heterocycles. The second-order valence-electron chi connectivity index (χ2n) is 4.58. The zero-order valence-electron chi connectivity index (χ0n) is 11.9. The van der Waals surface area contributed by atoms with Crippen LogP contribution in [0.15, 0.2) is 18.2 Å². The fourth-order valence-corrected chi connectivity index (χ4v) is 1.24. The Bertz CT molecular complexity index is 519. The number of carbonyl (C=O) groups is 2. The molecule has 0 aromatic heterocycles. The summed E-state index contributed by atoms with van der Waals surface area (Å²) in [5, 5.41) is 43.2. The van der Waals surface area contributed by atoms with Gasteiger partial charge in [0, 0.05) is 0 Å². The summed E-state index contributed by atoms with van der Waals surface area (Å²) in [5.74, 6) is -2.80. The number of rotatable bonds is 5. The van der Waals surface area contributed by atoms with E-state index in [1.54, 1.807) is 0 Å². The molecule has 124 valence electrons. The molecule has 0 bridgehead atoms. The maximum atomic E-state index is 10.4. The number of aliphatic hydroxyl groups excluding tert-OH is 1. The van der Waals surface area contributed by atoms with Gasteiger partial charge >= 0.3 is 11.9 Å². The van der Waals surface area contributed by atoms with Crippen LogP contribution in [0.3, 0.4) is 0 Å². The average Bonchev–Trinajstić information content (AvgIpc) is 2.42. The van der Waals surface area contributed by atoms with Crippen LogP contribution in [0.25, 0.3) is 0 Å². The highest BCUT2D eigenvalue weighted by atomic mass is 16.4. The lowest BCUT2D eigenvalue weighted by Gasteiger charge is -2.06. The maximum absolute atomic E-state index is 10.4. The molecule has 0 aliphatic carbocycles. The van der Waals surface area contributed by atoms with Gasteiger partial charge in [0.15, 0.2) is 11.5 Å². The number of carboxylic acids is 2. The molecule has 0 amide bonds. The van der Waals surface area contributed by atoms with Crippen LogP contribution < -0.4 is 11.5 Å². The van der Waals surface area contributed by atoms with Crippen molar-refractivity contribution in [3.8, 4) is 11.5 Å². The van der Waals surface area contributed by atoms with Gasteiger partial charge in [0.25, 0.3) is 0 Å². The quantitative estimate of drug-likeness (QED) is 0.328. The summed E-state index contributed by atoms with van der Waals surface area (Å²) in [4.78, 5) is 20.3. The Morgan fingerprint density at radius 2 is 1.64 bits per heavy atom. The van der Waals surface area contributed by atoms with Crippen molar-refractivity contribution in [1.29, 1.82) is 0 Å². The first-order valence-electron chi connectivity index (χ1n) is 6.22. The molecule has 0 aliphatic rings. The first-order chi connectivity index (χ1) is 10.1. The maximum Gasteiger partial charge on any atom is 0.323 e. The molecule has 9 N–H and O–H groups in total. The zero-order chi connectivity index (χ0) is 17.4. The Balaban J connectivity index is 0.000000472. The summed E-state index contributed by atoms with van der Waals surface area (Å²) in [7, 11) is 0. The van der Waals surface area contributed by atoms with Crippen LogP contribution in [0.4, 0.5) is 0 Å². The van der Waals surface area contributed by atoms with Gasteiger partial charge in [-0.05, 0) is 31.0 Å².